The third kappa shape index (κ3) is 2.14. The molecule has 1 aromatic rings. The molecular formula is C5H4ClNO3S. The van der Waals surface area contributed by atoms with Gasteiger partial charge < -0.3 is 0 Å². The lowest BCUT2D eigenvalue weighted by molar-refractivity contribution is 0.479. The average molecular weight is 194 g/mol. The zero-order chi connectivity index (χ0) is 8.48. The first-order chi connectivity index (χ1) is 5.00. The second-order valence-electron chi connectivity index (χ2n) is 1.77. The van der Waals surface area contributed by atoms with Crippen LogP contribution in [0.3, 0.4) is 0 Å². The Labute approximate surface area is 68.6 Å². The highest BCUT2D eigenvalue weighted by Gasteiger charge is 2.10. The number of nitrogens with zero attached hydrogens (tertiary/aromatic N) is 1. The Morgan fingerprint density at radius 2 is 2.09 bits per heavy atom. The standard InChI is InChI=1S/C5H4ClNO3S/c6-4-2-1-3-5(7-4)11(8,9)10/h1-3H,(H,8,9,10). The summed E-state index contributed by atoms with van der Waals surface area (Å²) in [5.41, 5.74) is 0. The molecule has 0 radical (unpaired) electrons. The van der Waals surface area contributed by atoms with Gasteiger partial charge in [-0.3, -0.25) is 4.55 Å². The predicted molar refractivity (Wildman–Crippen MR) is 39.1 cm³/mol. The summed E-state index contributed by atoms with van der Waals surface area (Å²) in [4.78, 5) is 3.37. The van der Waals surface area contributed by atoms with Gasteiger partial charge in [0.2, 0.25) is 0 Å². The molecule has 0 unspecified atom stereocenters. The van der Waals surface area contributed by atoms with E-state index in [1.54, 1.807) is 0 Å². The van der Waals surface area contributed by atoms with Gasteiger partial charge in [-0.1, -0.05) is 17.7 Å². The minimum Gasteiger partial charge on any atom is -0.281 e. The molecule has 0 atom stereocenters. The quantitative estimate of drug-likeness (QED) is 0.533. The number of halogens is 1. The molecule has 0 saturated heterocycles. The van der Waals surface area contributed by atoms with Crippen LogP contribution in [-0.4, -0.2) is 18.0 Å². The van der Waals surface area contributed by atoms with Gasteiger partial charge in [0.1, 0.15) is 5.15 Å². The van der Waals surface area contributed by atoms with Crippen LogP contribution in [0.1, 0.15) is 0 Å². The fourth-order valence-electron chi connectivity index (χ4n) is 0.533. The third-order valence-electron chi connectivity index (χ3n) is 0.954. The zero-order valence-corrected chi connectivity index (χ0v) is 6.80. The monoisotopic (exact) mass is 193 g/mol. The molecular weight excluding hydrogens is 190 g/mol. The molecule has 1 heterocycles. The van der Waals surface area contributed by atoms with Gasteiger partial charge >= 0.3 is 10.1 Å². The van der Waals surface area contributed by atoms with Crippen LogP contribution in [0.15, 0.2) is 23.2 Å². The Morgan fingerprint density at radius 1 is 1.45 bits per heavy atom. The molecule has 1 aromatic heterocycles. The molecule has 60 valence electrons. The minimum absolute atomic E-state index is 0.0279. The molecule has 0 saturated carbocycles. The smallest absolute Gasteiger partial charge is 0.281 e. The maximum Gasteiger partial charge on any atom is 0.312 e. The van der Waals surface area contributed by atoms with E-state index in [0.29, 0.717) is 0 Å². The lowest BCUT2D eigenvalue weighted by Crippen LogP contribution is -2.00. The highest BCUT2D eigenvalue weighted by atomic mass is 35.5. The summed E-state index contributed by atoms with van der Waals surface area (Å²) < 4.78 is 29.3. The molecule has 0 aliphatic heterocycles. The zero-order valence-electron chi connectivity index (χ0n) is 5.23. The topological polar surface area (TPSA) is 67.3 Å². The Hall–Kier alpha value is -0.650. The van der Waals surface area contributed by atoms with Crippen molar-refractivity contribution in [1.82, 2.24) is 4.98 Å². The molecule has 0 amide bonds. The summed E-state index contributed by atoms with van der Waals surface area (Å²) in [6, 6.07) is 3.95. The van der Waals surface area contributed by atoms with Crippen molar-refractivity contribution < 1.29 is 13.0 Å². The summed E-state index contributed by atoms with van der Waals surface area (Å²) in [6.07, 6.45) is 0. The van der Waals surface area contributed by atoms with Crippen molar-refractivity contribution in [2.45, 2.75) is 5.03 Å². The van der Waals surface area contributed by atoms with Crippen molar-refractivity contribution in [3.63, 3.8) is 0 Å². The molecule has 0 aromatic carbocycles. The van der Waals surface area contributed by atoms with E-state index >= 15 is 0 Å². The second-order valence-corrected chi connectivity index (χ2v) is 3.53. The number of rotatable bonds is 1. The van der Waals surface area contributed by atoms with E-state index in [-0.39, 0.29) is 5.15 Å². The maximum atomic E-state index is 10.4. The van der Waals surface area contributed by atoms with Crippen molar-refractivity contribution in [2.24, 2.45) is 0 Å². The summed E-state index contributed by atoms with van der Waals surface area (Å²) >= 11 is 5.36. The highest BCUT2D eigenvalue weighted by Crippen LogP contribution is 2.08. The van der Waals surface area contributed by atoms with E-state index in [9.17, 15) is 8.42 Å². The van der Waals surface area contributed by atoms with Crippen molar-refractivity contribution in [3.05, 3.63) is 23.4 Å². The number of hydrogen-bond acceptors (Lipinski definition) is 3. The molecule has 0 fully saturated rings. The molecule has 0 aliphatic carbocycles. The van der Waals surface area contributed by atoms with Crippen molar-refractivity contribution in [1.29, 1.82) is 0 Å². The van der Waals surface area contributed by atoms with E-state index in [2.05, 4.69) is 4.98 Å². The lowest BCUT2D eigenvalue weighted by Gasteiger charge is -1.94. The van der Waals surface area contributed by atoms with Crippen molar-refractivity contribution in [3.8, 4) is 0 Å². The molecule has 0 aliphatic rings. The van der Waals surface area contributed by atoms with Gasteiger partial charge in [0, 0.05) is 0 Å². The van der Waals surface area contributed by atoms with Crippen molar-refractivity contribution in [2.75, 3.05) is 0 Å². The van der Waals surface area contributed by atoms with Crippen LogP contribution in [0, 0.1) is 0 Å². The van der Waals surface area contributed by atoms with Gasteiger partial charge in [-0.25, -0.2) is 4.98 Å². The summed E-state index contributed by atoms with van der Waals surface area (Å²) in [5, 5.41) is -0.412. The van der Waals surface area contributed by atoms with Crippen molar-refractivity contribution >= 4 is 21.7 Å². The first-order valence-electron chi connectivity index (χ1n) is 2.60. The van der Waals surface area contributed by atoms with Gasteiger partial charge in [0.25, 0.3) is 0 Å². The van der Waals surface area contributed by atoms with E-state index in [4.69, 9.17) is 16.2 Å². The largest absolute Gasteiger partial charge is 0.312 e. The summed E-state index contributed by atoms with van der Waals surface area (Å²) in [7, 11) is -4.22. The highest BCUT2D eigenvalue weighted by molar-refractivity contribution is 7.85. The molecule has 4 nitrogen and oxygen atoms in total. The van der Waals surface area contributed by atoms with Crippen LogP contribution in [0.4, 0.5) is 0 Å². The van der Waals surface area contributed by atoms with Gasteiger partial charge in [-0.2, -0.15) is 8.42 Å². The Balaban J connectivity index is 3.28. The van der Waals surface area contributed by atoms with E-state index in [0.717, 1.165) is 6.07 Å². The molecule has 1 N–H and O–H groups in total. The molecule has 6 heteroatoms. The molecule has 11 heavy (non-hydrogen) atoms. The van der Waals surface area contributed by atoms with Crippen LogP contribution in [0.5, 0.6) is 0 Å². The van der Waals surface area contributed by atoms with Gasteiger partial charge in [0.05, 0.1) is 0 Å². The van der Waals surface area contributed by atoms with Gasteiger partial charge in [-0.05, 0) is 12.1 Å². The van der Waals surface area contributed by atoms with Crippen LogP contribution >= 0.6 is 11.6 Å². The van der Waals surface area contributed by atoms with Gasteiger partial charge in [0.15, 0.2) is 5.03 Å². The first kappa shape index (κ1) is 8.45. The average Bonchev–Trinajstić information content (AvgIpc) is 1.86. The Morgan fingerprint density at radius 3 is 2.45 bits per heavy atom. The Kier molecular flexibility index (Phi) is 2.12. The van der Waals surface area contributed by atoms with E-state index in [1.165, 1.54) is 12.1 Å². The second kappa shape index (κ2) is 2.77. The molecule has 0 bridgehead atoms. The van der Waals surface area contributed by atoms with Crippen LogP contribution in [0.25, 0.3) is 0 Å². The fraction of sp³-hybridized carbons (Fsp3) is 0. The number of hydrogen-bond donors (Lipinski definition) is 1. The SMILES string of the molecule is O=S(=O)(O)c1cccc(Cl)n1. The Bertz CT molecular complexity index is 362. The third-order valence-corrected chi connectivity index (χ3v) is 1.92. The lowest BCUT2D eigenvalue weighted by atomic mass is 10.5. The number of pyridine rings is 1. The van der Waals surface area contributed by atoms with E-state index in [1.807, 2.05) is 0 Å². The van der Waals surface area contributed by atoms with Crippen LogP contribution in [-0.2, 0) is 10.1 Å². The summed E-state index contributed by atoms with van der Waals surface area (Å²) in [5.74, 6) is 0. The van der Waals surface area contributed by atoms with Crippen LogP contribution in [0.2, 0.25) is 5.15 Å². The minimum atomic E-state index is -4.22. The first-order valence-corrected chi connectivity index (χ1v) is 4.42. The van der Waals surface area contributed by atoms with Crippen LogP contribution < -0.4 is 0 Å². The fourth-order valence-corrected chi connectivity index (χ4v) is 1.21. The molecule has 1 rings (SSSR count). The predicted octanol–water partition coefficient (Wildman–Crippen LogP) is 0.982. The number of aromatic nitrogens is 1. The van der Waals surface area contributed by atoms with Gasteiger partial charge in [-0.15, -0.1) is 0 Å². The summed E-state index contributed by atoms with van der Waals surface area (Å²) in [6.45, 7) is 0. The van der Waals surface area contributed by atoms with E-state index < -0.39 is 15.1 Å². The maximum absolute atomic E-state index is 10.4. The normalized spacial score (nSPS) is 11.5. The molecule has 0 spiro atoms.